The number of hydrogen-bond acceptors (Lipinski definition) is 7. The SMILES string of the molecule is C=C1CCCN(CCCCCCCCCCC(=O)N[C@H](C(=O)N2C[C@H](O)C[C@H]2C(=O)N[C@@H](C)c2ccc(-c3scnc3C)cc2)C(C)(C)C)CC1. The highest BCUT2D eigenvalue weighted by Crippen LogP contribution is 2.30. The molecule has 0 radical (unpaired) electrons. The number of nitrogens with one attached hydrogen (secondary N) is 2. The van der Waals surface area contributed by atoms with E-state index < -0.39 is 23.6 Å². The topological polar surface area (TPSA) is 115 Å². The Morgan fingerprint density at radius 3 is 2.29 bits per heavy atom. The molecule has 0 unspecified atom stereocenters. The summed E-state index contributed by atoms with van der Waals surface area (Å²) in [6.07, 6.45) is 12.4. The average molecular weight is 722 g/mol. The molecule has 4 rings (SSSR count). The number of carbonyl (C=O) groups is 3. The molecule has 2 aliphatic rings. The molecule has 0 saturated carbocycles. The number of thiazole rings is 1. The Balaban J connectivity index is 1.18. The van der Waals surface area contributed by atoms with Gasteiger partial charge < -0.3 is 25.5 Å². The predicted molar refractivity (Wildman–Crippen MR) is 207 cm³/mol. The Bertz CT molecular complexity index is 1430. The van der Waals surface area contributed by atoms with Crippen LogP contribution in [0.25, 0.3) is 10.4 Å². The molecule has 282 valence electrons. The zero-order valence-corrected chi connectivity index (χ0v) is 32.7. The lowest BCUT2D eigenvalue weighted by Gasteiger charge is -2.35. The van der Waals surface area contributed by atoms with Gasteiger partial charge in [-0.2, -0.15) is 0 Å². The number of aromatic nitrogens is 1. The van der Waals surface area contributed by atoms with Gasteiger partial charge in [-0.3, -0.25) is 14.4 Å². The zero-order chi connectivity index (χ0) is 37.0. The van der Waals surface area contributed by atoms with Crippen molar-refractivity contribution in [3.05, 3.63) is 53.2 Å². The highest BCUT2D eigenvalue weighted by molar-refractivity contribution is 7.13. The highest BCUT2D eigenvalue weighted by atomic mass is 32.1. The van der Waals surface area contributed by atoms with E-state index in [1.165, 1.54) is 75.1 Å². The fourth-order valence-corrected chi connectivity index (χ4v) is 8.07. The van der Waals surface area contributed by atoms with Gasteiger partial charge in [0.1, 0.15) is 12.1 Å². The normalized spacial score (nSPS) is 19.8. The molecule has 51 heavy (non-hydrogen) atoms. The Morgan fingerprint density at radius 1 is 0.980 bits per heavy atom. The van der Waals surface area contributed by atoms with Gasteiger partial charge in [0.05, 0.1) is 28.2 Å². The lowest BCUT2D eigenvalue weighted by atomic mass is 9.85. The molecule has 2 saturated heterocycles. The minimum absolute atomic E-state index is 0.0606. The van der Waals surface area contributed by atoms with Crippen LogP contribution < -0.4 is 10.6 Å². The van der Waals surface area contributed by atoms with E-state index in [0.717, 1.165) is 47.4 Å². The Labute approximate surface area is 310 Å². The number of rotatable bonds is 17. The number of amides is 3. The maximum atomic E-state index is 14.0. The largest absolute Gasteiger partial charge is 0.391 e. The first kappa shape index (κ1) is 40.7. The molecule has 2 aliphatic heterocycles. The summed E-state index contributed by atoms with van der Waals surface area (Å²) in [6.45, 7) is 17.5. The third-order valence-electron chi connectivity index (χ3n) is 10.5. The summed E-state index contributed by atoms with van der Waals surface area (Å²) in [5, 5.41) is 16.6. The van der Waals surface area contributed by atoms with Crippen molar-refractivity contribution in [2.45, 2.75) is 142 Å². The summed E-state index contributed by atoms with van der Waals surface area (Å²) in [5.41, 5.74) is 5.67. The monoisotopic (exact) mass is 721 g/mol. The van der Waals surface area contributed by atoms with Crippen molar-refractivity contribution in [3.8, 4) is 10.4 Å². The molecule has 3 N–H and O–H groups in total. The van der Waals surface area contributed by atoms with E-state index in [-0.39, 0.29) is 36.7 Å². The molecule has 4 atom stereocenters. The van der Waals surface area contributed by atoms with Gasteiger partial charge >= 0.3 is 0 Å². The lowest BCUT2D eigenvalue weighted by molar-refractivity contribution is -0.144. The molecule has 3 amide bonds. The molecule has 1 aromatic heterocycles. The number of aliphatic hydroxyl groups is 1. The van der Waals surface area contributed by atoms with Crippen LogP contribution >= 0.6 is 11.3 Å². The molecular formula is C41H63N5O4S. The first-order valence-corrected chi connectivity index (χ1v) is 20.2. The number of β-amino-alcohol motifs (C(OH)–C–C–N with tert-alkyl or cyclic N) is 1. The van der Waals surface area contributed by atoms with Gasteiger partial charge in [0.2, 0.25) is 17.7 Å². The summed E-state index contributed by atoms with van der Waals surface area (Å²) in [5.74, 6) is -0.782. The van der Waals surface area contributed by atoms with Crippen LogP contribution in [0.1, 0.15) is 128 Å². The predicted octanol–water partition coefficient (Wildman–Crippen LogP) is 7.34. The fraction of sp³-hybridized carbons (Fsp3) is 0.659. The first-order chi connectivity index (χ1) is 24.3. The summed E-state index contributed by atoms with van der Waals surface area (Å²) in [6, 6.07) is 6.13. The van der Waals surface area contributed by atoms with Crippen LogP contribution in [0.2, 0.25) is 0 Å². The van der Waals surface area contributed by atoms with Crippen molar-refractivity contribution < 1.29 is 19.5 Å². The third kappa shape index (κ3) is 12.5. The Kier molecular flexibility index (Phi) is 15.7. The second-order valence-corrected chi connectivity index (χ2v) is 16.8. The summed E-state index contributed by atoms with van der Waals surface area (Å²) >= 11 is 1.60. The van der Waals surface area contributed by atoms with Crippen LogP contribution in [0.15, 0.2) is 41.9 Å². The molecule has 9 nitrogen and oxygen atoms in total. The van der Waals surface area contributed by atoms with Crippen molar-refractivity contribution in [3.63, 3.8) is 0 Å². The molecule has 2 aromatic rings. The van der Waals surface area contributed by atoms with Crippen molar-refractivity contribution in [2.24, 2.45) is 5.41 Å². The van der Waals surface area contributed by atoms with Crippen LogP contribution in [0.3, 0.4) is 0 Å². The molecule has 0 aliphatic carbocycles. The third-order valence-corrected chi connectivity index (χ3v) is 11.5. The Morgan fingerprint density at radius 2 is 1.65 bits per heavy atom. The lowest BCUT2D eigenvalue weighted by Crippen LogP contribution is -2.57. The van der Waals surface area contributed by atoms with E-state index in [1.54, 1.807) is 11.3 Å². The van der Waals surface area contributed by atoms with Crippen LogP contribution in [0, 0.1) is 12.3 Å². The number of nitrogens with zero attached hydrogens (tertiary/aromatic N) is 3. The minimum atomic E-state index is -0.814. The Hall–Kier alpha value is -3.08. The van der Waals surface area contributed by atoms with Crippen molar-refractivity contribution >= 4 is 29.1 Å². The van der Waals surface area contributed by atoms with Crippen molar-refractivity contribution in [1.82, 2.24) is 25.4 Å². The minimum Gasteiger partial charge on any atom is -0.391 e. The van der Waals surface area contributed by atoms with Crippen molar-refractivity contribution in [1.29, 1.82) is 0 Å². The number of carbonyl (C=O) groups excluding carboxylic acids is 3. The quantitative estimate of drug-likeness (QED) is 0.116. The molecule has 0 bridgehead atoms. The zero-order valence-electron chi connectivity index (χ0n) is 31.8. The number of likely N-dealkylation sites (tertiary alicyclic amines) is 2. The number of benzene rings is 1. The highest BCUT2D eigenvalue weighted by Gasteiger charge is 2.44. The molecule has 10 heteroatoms. The number of aliphatic hydroxyl groups excluding tert-OH is 1. The maximum Gasteiger partial charge on any atom is 0.246 e. The van der Waals surface area contributed by atoms with E-state index in [1.807, 2.05) is 64.4 Å². The molecule has 3 heterocycles. The van der Waals surface area contributed by atoms with Gasteiger partial charge in [-0.05, 0) is 75.6 Å². The average Bonchev–Trinajstić information content (AvgIpc) is 3.64. The van der Waals surface area contributed by atoms with E-state index >= 15 is 0 Å². The fourth-order valence-electron chi connectivity index (χ4n) is 7.26. The molecule has 1 aromatic carbocycles. The van der Waals surface area contributed by atoms with Crippen LogP contribution in [-0.4, -0.2) is 82.0 Å². The van der Waals surface area contributed by atoms with Gasteiger partial charge in [-0.25, -0.2) is 4.98 Å². The van der Waals surface area contributed by atoms with E-state index in [9.17, 15) is 19.5 Å². The first-order valence-electron chi connectivity index (χ1n) is 19.3. The summed E-state index contributed by atoms with van der Waals surface area (Å²) < 4.78 is 0. The smallest absolute Gasteiger partial charge is 0.246 e. The summed E-state index contributed by atoms with van der Waals surface area (Å²) in [7, 11) is 0. The second kappa shape index (κ2) is 19.7. The van der Waals surface area contributed by atoms with Gasteiger partial charge in [0.25, 0.3) is 0 Å². The van der Waals surface area contributed by atoms with Crippen LogP contribution in [0.5, 0.6) is 0 Å². The van der Waals surface area contributed by atoms with Gasteiger partial charge in [0, 0.05) is 25.9 Å². The molecule has 0 spiro atoms. The van der Waals surface area contributed by atoms with E-state index in [2.05, 4.69) is 27.1 Å². The van der Waals surface area contributed by atoms with Crippen molar-refractivity contribution in [2.75, 3.05) is 26.2 Å². The molecule has 2 fully saturated rings. The van der Waals surface area contributed by atoms with Crippen LogP contribution in [-0.2, 0) is 14.4 Å². The van der Waals surface area contributed by atoms with Gasteiger partial charge in [-0.15, -0.1) is 11.3 Å². The number of hydrogen-bond donors (Lipinski definition) is 3. The van der Waals surface area contributed by atoms with Gasteiger partial charge in [0.15, 0.2) is 0 Å². The van der Waals surface area contributed by atoms with Gasteiger partial charge in [-0.1, -0.05) is 95.7 Å². The number of unbranched alkanes of at least 4 members (excludes halogenated alkanes) is 7. The standard InChI is InChI=1S/C41H63N5O4S/c1-29-16-15-24-45(25-22-29)23-14-12-10-8-7-9-11-13-17-36(48)44-38(41(4,5)6)40(50)46-27-34(47)26-35(46)39(49)43-30(2)32-18-20-33(21-19-32)37-31(3)42-28-51-37/h18-21,28,30,34-35,38,47H,1,7-17,22-27H2,2-6H3,(H,43,49)(H,44,48)/t30-,34+,35-,38+/m0/s1. The number of aryl methyl sites for hydroxylation is 1. The second-order valence-electron chi connectivity index (χ2n) is 15.9. The van der Waals surface area contributed by atoms with E-state index in [0.29, 0.717) is 6.42 Å². The maximum absolute atomic E-state index is 14.0. The summed E-state index contributed by atoms with van der Waals surface area (Å²) in [4.78, 5) is 50.1. The van der Waals surface area contributed by atoms with Crippen LogP contribution in [0.4, 0.5) is 0 Å². The molecular weight excluding hydrogens is 659 g/mol. The van der Waals surface area contributed by atoms with E-state index in [4.69, 9.17) is 0 Å².